The molecule has 0 amide bonds. The lowest BCUT2D eigenvalue weighted by Crippen LogP contribution is -2.03. The number of nitro groups is 1. The van der Waals surface area contributed by atoms with Gasteiger partial charge in [-0.2, -0.15) is 0 Å². The number of hydrogen-bond donors (Lipinski definition) is 2. The van der Waals surface area contributed by atoms with Crippen molar-refractivity contribution >= 4 is 17.1 Å². The highest BCUT2D eigenvalue weighted by Gasteiger charge is 2.08. The summed E-state index contributed by atoms with van der Waals surface area (Å²) < 4.78 is 0. The minimum Gasteiger partial charge on any atom is -0.398 e. The molecule has 1 aromatic heterocycles. The number of hydrogen-bond acceptors (Lipinski definition) is 5. The number of nitrogens with one attached hydrogen (secondary N) is 1. The molecule has 0 saturated carbocycles. The maximum atomic E-state index is 10.7. The fourth-order valence-electron chi connectivity index (χ4n) is 1.72. The van der Waals surface area contributed by atoms with Crippen LogP contribution in [0.15, 0.2) is 36.7 Å². The molecule has 0 unspecified atom stereocenters. The molecule has 1 aromatic carbocycles. The third-order valence-electron chi connectivity index (χ3n) is 2.78. The lowest BCUT2D eigenvalue weighted by molar-refractivity contribution is -0.384. The Balaban J connectivity index is 2.16. The first-order valence-corrected chi connectivity index (χ1v) is 5.74. The van der Waals surface area contributed by atoms with Crippen molar-refractivity contribution in [3.8, 4) is 0 Å². The van der Waals surface area contributed by atoms with E-state index in [-0.39, 0.29) is 5.69 Å². The van der Waals surface area contributed by atoms with Crippen LogP contribution in [0, 0.1) is 17.0 Å². The summed E-state index contributed by atoms with van der Waals surface area (Å²) in [5.74, 6) is 0. The number of aromatic nitrogens is 1. The largest absolute Gasteiger partial charge is 0.398 e. The van der Waals surface area contributed by atoms with E-state index in [0.717, 1.165) is 11.1 Å². The number of aryl methyl sites for hydroxylation is 1. The van der Waals surface area contributed by atoms with Crippen LogP contribution in [0.3, 0.4) is 0 Å². The summed E-state index contributed by atoms with van der Waals surface area (Å²) in [6, 6.07) is 6.38. The summed E-state index contributed by atoms with van der Waals surface area (Å²) in [6.45, 7) is 2.53. The molecule has 0 spiro atoms. The van der Waals surface area contributed by atoms with Gasteiger partial charge in [0.25, 0.3) is 5.69 Å². The van der Waals surface area contributed by atoms with Gasteiger partial charge in [-0.3, -0.25) is 15.1 Å². The number of benzene rings is 1. The molecule has 0 bridgehead atoms. The molecule has 0 aliphatic carbocycles. The van der Waals surface area contributed by atoms with Gasteiger partial charge in [-0.05, 0) is 30.2 Å². The predicted octanol–water partition coefficient (Wildman–Crippen LogP) is 2.49. The van der Waals surface area contributed by atoms with E-state index in [9.17, 15) is 10.1 Å². The van der Waals surface area contributed by atoms with E-state index in [2.05, 4.69) is 10.3 Å². The van der Waals surface area contributed by atoms with Gasteiger partial charge >= 0.3 is 0 Å². The highest BCUT2D eigenvalue weighted by atomic mass is 16.6. The molecular formula is C13H14N4O2. The van der Waals surface area contributed by atoms with Crippen molar-refractivity contribution in [3.05, 3.63) is 57.9 Å². The Bertz CT molecular complexity index is 613. The molecule has 0 fully saturated rings. The van der Waals surface area contributed by atoms with Crippen LogP contribution in [-0.4, -0.2) is 9.91 Å². The Morgan fingerprint density at radius 3 is 2.89 bits per heavy atom. The van der Waals surface area contributed by atoms with E-state index in [1.165, 1.54) is 12.1 Å². The van der Waals surface area contributed by atoms with Crippen molar-refractivity contribution in [1.82, 2.24) is 4.98 Å². The van der Waals surface area contributed by atoms with E-state index in [4.69, 9.17) is 5.73 Å². The van der Waals surface area contributed by atoms with Gasteiger partial charge in [-0.25, -0.2) is 0 Å². The van der Waals surface area contributed by atoms with Crippen LogP contribution >= 0.6 is 0 Å². The van der Waals surface area contributed by atoms with Gasteiger partial charge in [0.05, 0.1) is 4.92 Å². The van der Waals surface area contributed by atoms with Crippen molar-refractivity contribution in [1.29, 1.82) is 0 Å². The molecule has 2 rings (SSSR count). The second-order valence-electron chi connectivity index (χ2n) is 4.23. The first kappa shape index (κ1) is 12.8. The molecule has 0 saturated heterocycles. The van der Waals surface area contributed by atoms with Crippen molar-refractivity contribution in [2.75, 3.05) is 11.1 Å². The Morgan fingerprint density at radius 2 is 2.21 bits per heavy atom. The molecule has 1 heterocycles. The number of anilines is 2. The van der Waals surface area contributed by atoms with Crippen molar-refractivity contribution in [2.45, 2.75) is 13.5 Å². The summed E-state index contributed by atoms with van der Waals surface area (Å²) in [4.78, 5) is 14.3. The lowest BCUT2D eigenvalue weighted by atomic mass is 10.1. The number of pyridine rings is 1. The zero-order valence-electron chi connectivity index (χ0n) is 10.5. The Hall–Kier alpha value is -2.63. The zero-order chi connectivity index (χ0) is 13.8. The fourth-order valence-corrected chi connectivity index (χ4v) is 1.72. The summed E-state index contributed by atoms with van der Waals surface area (Å²) in [5, 5.41) is 13.9. The molecule has 0 aliphatic heterocycles. The molecule has 3 N–H and O–H groups in total. The second-order valence-corrected chi connectivity index (χ2v) is 4.23. The van der Waals surface area contributed by atoms with Gasteiger partial charge in [0, 0.05) is 42.4 Å². The first-order valence-electron chi connectivity index (χ1n) is 5.74. The average Bonchev–Trinajstić information content (AvgIpc) is 2.37. The van der Waals surface area contributed by atoms with Crippen LogP contribution in [0.5, 0.6) is 0 Å². The van der Waals surface area contributed by atoms with E-state index in [1.54, 1.807) is 18.5 Å². The number of nitrogen functional groups attached to an aromatic ring is 1. The third-order valence-corrected chi connectivity index (χ3v) is 2.78. The Kier molecular flexibility index (Phi) is 3.61. The summed E-state index contributed by atoms with van der Waals surface area (Å²) in [6.07, 6.45) is 3.49. The van der Waals surface area contributed by atoms with Crippen molar-refractivity contribution in [3.63, 3.8) is 0 Å². The molecule has 19 heavy (non-hydrogen) atoms. The summed E-state index contributed by atoms with van der Waals surface area (Å²) >= 11 is 0. The normalized spacial score (nSPS) is 10.2. The fraction of sp³-hybridized carbons (Fsp3) is 0.154. The van der Waals surface area contributed by atoms with Gasteiger partial charge in [0.15, 0.2) is 0 Å². The zero-order valence-corrected chi connectivity index (χ0v) is 10.5. The Morgan fingerprint density at radius 1 is 1.42 bits per heavy atom. The number of nitro benzene ring substituents is 1. The van der Waals surface area contributed by atoms with E-state index in [1.807, 2.05) is 13.0 Å². The van der Waals surface area contributed by atoms with Gasteiger partial charge in [-0.1, -0.05) is 0 Å². The number of non-ortho nitro benzene ring substituents is 1. The topological polar surface area (TPSA) is 94.1 Å². The lowest BCUT2D eigenvalue weighted by Gasteiger charge is -2.09. The number of nitrogens with two attached hydrogens (primary N) is 1. The van der Waals surface area contributed by atoms with Gasteiger partial charge in [0.2, 0.25) is 0 Å². The van der Waals surface area contributed by atoms with Crippen LogP contribution in [0.1, 0.15) is 11.1 Å². The first-order chi connectivity index (χ1) is 9.06. The monoisotopic (exact) mass is 258 g/mol. The predicted molar refractivity (Wildman–Crippen MR) is 73.8 cm³/mol. The smallest absolute Gasteiger partial charge is 0.273 e. The molecule has 98 valence electrons. The molecule has 6 nitrogen and oxygen atoms in total. The van der Waals surface area contributed by atoms with Gasteiger partial charge < -0.3 is 11.1 Å². The quantitative estimate of drug-likeness (QED) is 0.499. The van der Waals surface area contributed by atoms with Crippen LogP contribution in [0.2, 0.25) is 0 Å². The van der Waals surface area contributed by atoms with Crippen LogP contribution in [-0.2, 0) is 6.54 Å². The minimum atomic E-state index is -0.461. The van der Waals surface area contributed by atoms with Crippen LogP contribution < -0.4 is 11.1 Å². The van der Waals surface area contributed by atoms with Crippen molar-refractivity contribution in [2.24, 2.45) is 0 Å². The molecule has 6 heteroatoms. The second kappa shape index (κ2) is 5.34. The average molecular weight is 258 g/mol. The number of rotatable bonds is 4. The van der Waals surface area contributed by atoms with E-state index >= 15 is 0 Å². The molecule has 0 aliphatic rings. The van der Waals surface area contributed by atoms with E-state index in [0.29, 0.717) is 17.9 Å². The van der Waals surface area contributed by atoms with Crippen LogP contribution in [0.4, 0.5) is 17.1 Å². The summed E-state index contributed by atoms with van der Waals surface area (Å²) in [5.41, 5.74) is 8.74. The maximum absolute atomic E-state index is 10.7. The Labute approximate surface area is 110 Å². The van der Waals surface area contributed by atoms with Crippen LogP contribution in [0.25, 0.3) is 0 Å². The third kappa shape index (κ3) is 3.19. The molecule has 0 radical (unpaired) electrons. The maximum Gasteiger partial charge on any atom is 0.273 e. The van der Waals surface area contributed by atoms with Gasteiger partial charge in [-0.15, -0.1) is 0 Å². The standard InChI is InChI=1S/C13H14N4O2/c1-9-2-3-15-7-10(9)8-16-12-4-11(14)5-13(6-12)17(18)19/h2-7,16H,8,14H2,1H3. The molecule has 0 atom stereocenters. The van der Waals surface area contributed by atoms with Gasteiger partial charge in [0.1, 0.15) is 0 Å². The molecular weight excluding hydrogens is 244 g/mol. The number of nitrogens with zero attached hydrogens (tertiary/aromatic N) is 2. The summed E-state index contributed by atoms with van der Waals surface area (Å²) in [7, 11) is 0. The van der Waals surface area contributed by atoms with E-state index < -0.39 is 4.92 Å². The van der Waals surface area contributed by atoms with Crippen molar-refractivity contribution < 1.29 is 4.92 Å². The minimum absolute atomic E-state index is 0.0228. The highest BCUT2D eigenvalue weighted by molar-refractivity contribution is 5.61. The SMILES string of the molecule is Cc1ccncc1CNc1cc(N)cc([N+](=O)[O-])c1. The highest BCUT2D eigenvalue weighted by Crippen LogP contribution is 2.22. The molecule has 2 aromatic rings.